The summed E-state index contributed by atoms with van der Waals surface area (Å²) < 4.78 is 5.60. The van der Waals surface area contributed by atoms with Crippen LogP contribution in [-0.2, 0) is 16.1 Å². The van der Waals surface area contributed by atoms with Crippen molar-refractivity contribution in [3.63, 3.8) is 0 Å². The molecule has 5 rings (SSSR count). The third-order valence-electron chi connectivity index (χ3n) is 6.32. The maximum Gasteiger partial charge on any atom is 0.252 e. The summed E-state index contributed by atoms with van der Waals surface area (Å²) in [5, 5.41) is 10.2. The van der Waals surface area contributed by atoms with Gasteiger partial charge in [0, 0.05) is 26.2 Å². The lowest BCUT2D eigenvalue weighted by atomic mass is 9.82. The Labute approximate surface area is 152 Å². The van der Waals surface area contributed by atoms with Crippen LogP contribution in [0, 0.1) is 12.8 Å². The molecule has 1 aromatic heterocycles. The normalized spacial score (nSPS) is 31.5. The average molecular weight is 359 g/mol. The Morgan fingerprint density at radius 3 is 2.69 bits per heavy atom. The van der Waals surface area contributed by atoms with Crippen molar-refractivity contribution in [2.24, 2.45) is 5.92 Å². The average Bonchev–Trinajstić information content (AvgIpc) is 3.16. The Hall–Kier alpha value is -1.70. The third-order valence-corrected chi connectivity index (χ3v) is 6.32. The monoisotopic (exact) mass is 359 g/mol. The van der Waals surface area contributed by atoms with Crippen LogP contribution in [0.4, 0.5) is 0 Å². The van der Waals surface area contributed by atoms with Crippen LogP contribution in [0.5, 0.6) is 0 Å². The van der Waals surface area contributed by atoms with Crippen LogP contribution in [0.1, 0.15) is 30.8 Å². The summed E-state index contributed by atoms with van der Waals surface area (Å²) >= 11 is 0. The number of hydrogen-bond acceptors (Lipinski definition) is 6. The Kier molecular flexibility index (Phi) is 3.58. The molecule has 140 valence electrons. The second kappa shape index (κ2) is 5.65. The minimum Gasteiger partial charge on any atom is -0.464 e. The Balaban J connectivity index is 1.41. The van der Waals surface area contributed by atoms with Crippen LogP contribution in [-0.4, -0.2) is 75.5 Å². The van der Waals surface area contributed by atoms with E-state index in [1.54, 1.807) is 0 Å². The van der Waals surface area contributed by atoms with E-state index in [1.165, 1.54) is 17.7 Å². The van der Waals surface area contributed by atoms with E-state index in [4.69, 9.17) is 4.42 Å². The highest BCUT2D eigenvalue weighted by atomic mass is 16.3. The van der Waals surface area contributed by atoms with Crippen molar-refractivity contribution in [2.75, 3.05) is 26.2 Å². The number of hydrogen-bond donors (Lipinski definition) is 1. The van der Waals surface area contributed by atoms with Crippen molar-refractivity contribution in [1.82, 2.24) is 14.7 Å². The lowest BCUT2D eigenvalue weighted by molar-refractivity contribution is -0.181. The molecule has 2 atom stereocenters. The summed E-state index contributed by atoms with van der Waals surface area (Å²) in [4.78, 5) is 32.0. The van der Waals surface area contributed by atoms with E-state index in [-0.39, 0.29) is 18.4 Å². The maximum absolute atomic E-state index is 13.4. The molecule has 0 bridgehead atoms. The second-order valence-corrected chi connectivity index (χ2v) is 8.44. The molecule has 1 spiro atoms. The predicted octanol–water partition coefficient (Wildman–Crippen LogP) is 0.356. The van der Waals surface area contributed by atoms with Crippen molar-refractivity contribution in [2.45, 2.75) is 50.4 Å². The van der Waals surface area contributed by atoms with Gasteiger partial charge in [-0.3, -0.25) is 24.3 Å². The van der Waals surface area contributed by atoms with Crippen LogP contribution in [0.15, 0.2) is 16.5 Å². The molecule has 1 saturated carbocycles. The number of furan rings is 1. The molecular formula is C19H25N3O4. The smallest absolute Gasteiger partial charge is 0.252 e. The topological polar surface area (TPSA) is 77.2 Å². The van der Waals surface area contributed by atoms with Gasteiger partial charge in [0.05, 0.1) is 18.7 Å². The molecule has 0 radical (unpaired) electrons. The Morgan fingerprint density at radius 2 is 2.04 bits per heavy atom. The van der Waals surface area contributed by atoms with Crippen LogP contribution < -0.4 is 0 Å². The van der Waals surface area contributed by atoms with Crippen LogP contribution >= 0.6 is 0 Å². The van der Waals surface area contributed by atoms with Gasteiger partial charge in [-0.2, -0.15) is 0 Å². The van der Waals surface area contributed by atoms with E-state index in [0.29, 0.717) is 31.8 Å². The van der Waals surface area contributed by atoms with E-state index >= 15 is 0 Å². The van der Waals surface area contributed by atoms with Gasteiger partial charge in [0.2, 0.25) is 5.91 Å². The lowest BCUT2D eigenvalue weighted by Gasteiger charge is -2.58. The molecule has 4 fully saturated rings. The fraction of sp³-hybridized carbons (Fsp3) is 0.684. The van der Waals surface area contributed by atoms with E-state index < -0.39 is 17.7 Å². The molecule has 7 heteroatoms. The van der Waals surface area contributed by atoms with Crippen molar-refractivity contribution in [3.8, 4) is 0 Å². The maximum atomic E-state index is 13.4. The Morgan fingerprint density at radius 1 is 1.27 bits per heavy atom. The molecule has 26 heavy (non-hydrogen) atoms. The van der Waals surface area contributed by atoms with Crippen LogP contribution in [0.25, 0.3) is 0 Å². The number of carbonyl (C=O) groups is 2. The number of piperazine rings is 1. The van der Waals surface area contributed by atoms with Crippen molar-refractivity contribution < 1.29 is 19.1 Å². The highest BCUT2D eigenvalue weighted by molar-refractivity contribution is 6.06. The molecule has 2 amide bonds. The SMILES string of the molecule is Cc1ccc(CN2C(=O)C3CC(O)CN3C3(CN(CC4CC4)C3)C2=O)o1. The highest BCUT2D eigenvalue weighted by Gasteiger charge is 2.64. The third kappa shape index (κ3) is 2.45. The molecule has 3 saturated heterocycles. The van der Waals surface area contributed by atoms with Crippen molar-refractivity contribution >= 4 is 11.8 Å². The van der Waals surface area contributed by atoms with Gasteiger partial charge in [-0.1, -0.05) is 0 Å². The first-order valence-electron chi connectivity index (χ1n) is 9.54. The zero-order valence-electron chi connectivity index (χ0n) is 15.1. The van der Waals surface area contributed by atoms with Gasteiger partial charge in [0.15, 0.2) is 0 Å². The van der Waals surface area contributed by atoms with Crippen molar-refractivity contribution in [1.29, 1.82) is 0 Å². The number of likely N-dealkylation sites (tertiary alicyclic amines) is 1. The van der Waals surface area contributed by atoms with E-state index in [9.17, 15) is 14.7 Å². The first kappa shape index (κ1) is 16.5. The number of rotatable bonds is 4. The molecule has 0 aromatic carbocycles. The molecule has 1 aromatic rings. The number of fused-ring (bicyclic) bond motifs is 2. The van der Waals surface area contributed by atoms with Gasteiger partial charge < -0.3 is 9.52 Å². The van der Waals surface area contributed by atoms with Gasteiger partial charge >= 0.3 is 0 Å². The van der Waals surface area contributed by atoms with E-state index in [1.807, 2.05) is 24.0 Å². The Bertz CT molecular complexity index is 750. The van der Waals surface area contributed by atoms with E-state index in [2.05, 4.69) is 4.90 Å². The second-order valence-electron chi connectivity index (χ2n) is 8.44. The molecule has 1 aliphatic carbocycles. The summed E-state index contributed by atoms with van der Waals surface area (Å²) in [5.41, 5.74) is -0.660. The standard InChI is InChI=1S/C19H25N3O4/c1-12-2-5-15(26-12)9-21-17(24)16-6-14(23)8-22(16)19(18(21)25)10-20(11-19)7-13-3-4-13/h2,5,13-14,16,23H,3-4,6-11H2,1H3. The molecule has 7 nitrogen and oxygen atoms in total. The minimum atomic E-state index is -0.660. The van der Waals surface area contributed by atoms with Crippen LogP contribution in [0.3, 0.4) is 0 Å². The van der Waals surface area contributed by atoms with E-state index in [0.717, 1.165) is 18.2 Å². The summed E-state index contributed by atoms with van der Waals surface area (Å²) in [6, 6.07) is 3.26. The fourth-order valence-electron chi connectivity index (χ4n) is 4.86. The molecule has 4 aliphatic rings. The van der Waals surface area contributed by atoms with Crippen molar-refractivity contribution in [3.05, 3.63) is 23.7 Å². The van der Waals surface area contributed by atoms with Gasteiger partial charge in [-0.05, 0) is 44.2 Å². The summed E-state index contributed by atoms with van der Waals surface area (Å²) in [7, 11) is 0. The number of β-amino-alcohol motifs (C(OH)–C–C–N with tert-alkyl or cyclic N) is 1. The molecule has 3 aliphatic heterocycles. The number of amides is 2. The first-order valence-corrected chi connectivity index (χ1v) is 9.54. The number of nitrogens with zero attached hydrogens (tertiary/aromatic N) is 3. The van der Waals surface area contributed by atoms with Gasteiger partial charge in [0.1, 0.15) is 17.1 Å². The number of carbonyl (C=O) groups excluding carboxylic acids is 2. The van der Waals surface area contributed by atoms with Gasteiger partial charge in [-0.15, -0.1) is 0 Å². The summed E-state index contributed by atoms with van der Waals surface area (Å²) in [6.07, 6.45) is 2.43. The quantitative estimate of drug-likeness (QED) is 0.782. The predicted molar refractivity (Wildman–Crippen MR) is 92.0 cm³/mol. The number of imide groups is 1. The first-order chi connectivity index (χ1) is 12.5. The number of aliphatic hydroxyl groups excluding tert-OH is 1. The fourth-order valence-corrected chi connectivity index (χ4v) is 4.86. The molecule has 1 N–H and O–H groups in total. The van der Waals surface area contributed by atoms with Crippen LogP contribution in [0.2, 0.25) is 0 Å². The van der Waals surface area contributed by atoms with Gasteiger partial charge in [-0.25, -0.2) is 0 Å². The van der Waals surface area contributed by atoms with Gasteiger partial charge in [0.25, 0.3) is 5.91 Å². The molecule has 4 heterocycles. The largest absolute Gasteiger partial charge is 0.464 e. The number of aliphatic hydroxyl groups is 1. The zero-order valence-corrected chi connectivity index (χ0v) is 15.1. The minimum absolute atomic E-state index is 0.131. The summed E-state index contributed by atoms with van der Waals surface area (Å²) in [6.45, 7) is 4.80. The lowest BCUT2D eigenvalue weighted by Crippen LogP contribution is -2.81. The highest BCUT2D eigenvalue weighted by Crippen LogP contribution is 2.42. The molecular weight excluding hydrogens is 334 g/mol. The summed E-state index contributed by atoms with van der Waals surface area (Å²) in [5.74, 6) is 1.83. The molecule has 2 unspecified atom stereocenters. The zero-order chi connectivity index (χ0) is 18.1. The number of aryl methyl sites for hydroxylation is 1.